The van der Waals surface area contributed by atoms with Crippen molar-refractivity contribution < 1.29 is 4.79 Å². The van der Waals surface area contributed by atoms with Crippen molar-refractivity contribution in [2.75, 3.05) is 12.3 Å². The molecule has 1 fully saturated rings. The van der Waals surface area contributed by atoms with Crippen LogP contribution in [-0.2, 0) is 11.3 Å². The number of amides is 1. The summed E-state index contributed by atoms with van der Waals surface area (Å²) in [7, 11) is 0. The Labute approximate surface area is 87.9 Å². The maximum Gasteiger partial charge on any atom is 0.241 e. The fourth-order valence-corrected chi connectivity index (χ4v) is 1.41. The molecule has 3 N–H and O–H groups in total. The average Bonchev–Trinajstić information content (AvgIpc) is 2.91. The summed E-state index contributed by atoms with van der Waals surface area (Å²) in [6.45, 7) is 0.947. The molecule has 6 heteroatoms. The Kier molecular flexibility index (Phi) is 2.84. The number of anilines is 1. The highest BCUT2D eigenvalue weighted by Crippen LogP contribution is 2.31. The number of aromatic nitrogens is 3. The van der Waals surface area contributed by atoms with Crippen molar-refractivity contribution in [1.82, 2.24) is 20.1 Å². The third-order valence-electron chi connectivity index (χ3n) is 2.43. The number of rotatable bonds is 5. The zero-order chi connectivity index (χ0) is 10.7. The first-order valence-corrected chi connectivity index (χ1v) is 5.15. The van der Waals surface area contributed by atoms with Crippen molar-refractivity contribution in [2.24, 2.45) is 5.92 Å². The van der Waals surface area contributed by atoms with E-state index < -0.39 is 0 Å². The molecule has 82 valence electrons. The SMILES string of the molecule is Nc1ncn(CC(=O)NCCC2CC2)n1. The van der Waals surface area contributed by atoms with Crippen LogP contribution in [0.3, 0.4) is 0 Å². The van der Waals surface area contributed by atoms with Gasteiger partial charge in [0.15, 0.2) is 0 Å². The first-order chi connectivity index (χ1) is 7.24. The standard InChI is InChI=1S/C9H15N5O/c10-9-12-6-14(13-9)5-8(15)11-4-3-7-1-2-7/h6-7H,1-5H2,(H2,10,13)(H,11,15). The molecule has 0 radical (unpaired) electrons. The van der Waals surface area contributed by atoms with Crippen molar-refractivity contribution in [3.05, 3.63) is 6.33 Å². The lowest BCUT2D eigenvalue weighted by Crippen LogP contribution is -2.28. The smallest absolute Gasteiger partial charge is 0.241 e. The molecule has 2 rings (SSSR count). The van der Waals surface area contributed by atoms with Crippen LogP contribution < -0.4 is 11.1 Å². The van der Waals surface area contributed by atoms with E-state index in [9.17, 15) is 4.79 Å². The van der Waals surface area contributed by atoms with Gasteiger partial charge in [-0.1, -0.05) is 12.8 Å². The molecule has 1 aromatic rings. The lowest BCUT2D eigenvalue weighted by molar-refractivity contribution is -0.121. The fourth-order valence-electron chi connectivity index (χ4n) is 1.41. The van der Waals surface area contributed by atoms with Crippen LogP contribution in [0.15, 0.2) is 6.33 Å². The lowest BCUT2D eigenvalue weighted by atomic mass is 10.3. The minimum absolute atomic E-state index is 0.0412. The molecule has 0 aliphatic heterocycles. The number of nitrogens with zero attached hydrogens (tertiary/aromatic N) is 3. The molecule has 1 aliphatic carbocycles. The van der Waals surface area contributed by atoms with Crippen LogP contribution in [0, 0.1) is 5.92 Å². The van der Waals surface area contributed by atoms with Crippen LogP contribution in [0.5, 0.6) is 0 Å². The quantitative estimate of drug-likeness (QED) is 0.701. The van der Waals surface area contributed by atoms with Crippen LogP contribution in [0.4, 0.5) is 5.95 Å². The van der Waals surface area contributed by atoms with Crippen molar-refractivity contribution >= 4 is 11.9 Å². The molecule has 0 saturated heterocycles. The Morgan fingerprint density at radius 2 is 2.47 bits per heavy atom. The summed E-state index contributed by atoms with van der Waals surface area (Å²) in [6.07, 6.45) is 5.17. The number of carbonyl (C=O) groups is 1. The first kappa shape index (κ1) is 9.95. The minimum atomic E-state index is -0.0412. The Bertz CT molecular complexity index is 344. The lowest BCUT2D eigenvalue weighted by Gasteiger charge is -2.03. The maximum atomic E-state index is 11.4. The maximum absolute atomic E-state index is 11.4. The van der Waals surface area contributed by atoms with E-state index in [1.807, 2.05) is 0 Å². The van der Waals surface area contributed by atoms with Gasteiger partial charge in [0.05, 0.1) is 0 Å². The average molecular weight is 209 g/mol. The summed E-state index contributed by atoms with van der Waals surface area (Å²) in [6, 6.07) is 0. The molecule has 0 aromatic carbocycles. The van der Waals surface area contributed by atoms with Gasteiger partial charge in [0.2, 0.25) is 11.9 Å². The summed E-state index contributed by atoms with van der Waals surface area (Å²) in [5.74, 6) is 0.994. The van der Waals surface area contributed by atoms with E-state index >= 15 is 0 Å². The third kappa shape index (κ3) is 3.23. The van der Waals surface area contributed by atoms with E-state index in [-0.39, 0.29) is 18.4 Å². The van der Waals surface area contributed by atoms with Gasteiger partial charge in [0.25, 0.3) is 0 Å². The van der Waals surface area contributed by atoms with Crippen molar-refractivity contribution in [1.29, 1.82) is 0 Å². The summed E-state index contributed by atoms with van der Waals surface area (Å²) in [5, 5.41) is 6.67. The molecular formula is C9H15N5O. The van der Waals surface area contributed by atoms with E-state index in [1.54, 1.807) is 0 Å². The highest BCUT2D eigenvalue weighted by molar-refractivity contribution is 5.75. The zero-order valence-corrected chi connectivity index (χ0v) is 8.52. The number of nitrogens with one attached hydrogen (secondary N) is 1. The van der Waals surface area contributed by atoms with Gasteiger partial charge in [-0.25, -0.2) is 9.67 Å². The topological polar surface area (TPSA) is 85.8 Å². The molecule has 1 saturated carbocycles. The molecule has 1 aromatic heterocycles. The summed E-state index contributed by atoms with van der Waals surface area (Å²) in [4.78, 5) is 15.1. The van der Waals surface area contributed by atoms with E-state index in [2.05, 4.69) is 15.4 Å². The summed E-state index contributed by atoms with van der Waals surface area (Å²) in [5.41, 5.74) is 5.33. The molecule has 0 bridgehead atoms. The van der Waals surface area contributed by atoms with Crippen molar-refractivity contribution in [2.45, 2.75) is 25.8 Å². The number of hydrogen-bond acceptors (Lipinski definition) is 4. The summed E-state index contributed by atoms with van der Waals surface area (Å²) < 4.78 is 1.43. The number of nitrogen functional groups attached to an aromatic ring is 1. The molecule has 1 heterocycles. The predicted octanol–water partition coefficient (Wildman–Crippen LogP) is -0.223. The Morgan fingerprint density at radius 3 is 3.07 bits per heavy atom. The fraction of sp³-hybridized carbons (Fsp3) is 0.667. The van der Waals surface area contributed by atoms with Crippen LogP contribution in [-0.4, -0.2) is 27.2 Å². The number of hydrogen-bond donors (Lipinski definition) is 2. The zero-order valence-electron chi connectivity index (χ0n) is 8.52. The first-order valence-electron chi connectivity index (χ1n) is 5.15. The Hall–Kier alpha value is -1.59. The van der Waals surface area contributed by atoms with Crippen LogP contribution >= 0.6 is 0 Å². The second-order valence-electron chi connectivity index (χ2n) is 3.88. The van der Waals surface area contributed by atoms with E-state index in [0.717, 1.165) is 18.9 Å². The molecule has 1 amide bonds. The summed E-state index contributed by atoms with van der Waals surface area (Å²) >= 11 is 0. The van der Waals surface area contributed by atoms with Gasteiger partial charge in [-0.3, -0.25) is 4.79 Å². The highest BCUT2D eigenvalue weighted by Gasteiger charge is 2.20. The Balaban J connectivity index is 1.67. The van der Waals surface area contributed by atoms with E-state index in [0.29, 0.717) is 0 Å². The van der Waals surface area contributed by atoms with Crippen molar-refractivity contribution in [3.63, 3.8) is 0 Å². The van der Waals surface area contributed by atoms with Gasteiger partial charge >= 0.3 is 0 Å². The number of nitrogens with two attached hydrogens (primary N) is 1. The minimum Gasteiger partial charge on any atom is -0.367 e. The Morgan fingerprint density at radius 1 is 1.67 bits per heavy atom. The molecule has 6 nitrogen and oxygen atoms in total. The van der Waals surface area contributed by atoms with Crippen LogP contribution in [0.1, 0.15) is 19.3 Å². The van der Waals surface area contributed by atoms with Gasteiger partial charge in [-0.15, -0.1) is 5.10 Å². The second-order valence-corrected chi connectivity index (χ2v) is 3.88. The second kappa shape index (κ2) is 4.29. The number of carbonyl (C=O) groups excluding carboxylic acids is 1. The molecule has 0 unspecified atom stereocenters. The molecular weight excluding hydrogens is 194 g/mol. The van der Waals surface area contributed by atoms with Gasteiger partial charge in [-0.05, 0) is 12.3 Å². The molecule has 0 atom stereocenters. The van der Waals surface area contributed by atoms with Gasteiger partial charge in [-0.2, -0.15) is 0 Å². The van der Waals surface area contributed by atoms with Crippen molar-refractivity contribution in [3.8, 4) is 0 Å². The van der Waals surface area contributed by atoms with E-state index in [1.165, 1.54) is 23.9 Å². The van der Waals surface area contributed by atoms with Gasteiger partial charge in [0, 0.05) is 6.54 Å². The molecule has 1 aliphatic rings. The normalized spacial score (nSPS) is 15.2. The van der Waals surface area contributed by atoms with Crippen LogP contribution in [0.25, 0.3) is 0 Å². The third-order valence-corrected chi connectivity index (χ3v) is 2.43. The largest absolute Gasteiger partial charge is 0.367 e. The molecule has 15 heavy (non-hydrogen) atoms. The van der Waals surface area contributed by atoms with Gasteiger partial charge in [0.1, 0.15) is 12.9 Å². The molecule has 0 spiro atoms. The monoisotopic (exact) mass is 209 g/mol. The highest BCUT2D eigenvalue weighted by atomic mass is 16.2. The van der Waals surface area contributed by atoms with Crippen LogP contribution in [0.2, 0.25) is 0 Å². The van der Waals surface area contributed by atoms with E-state index in [4.69, 9.17) is 5.73 Å². The van der Waals surface area contributed by atoms with Gasteiger partial charge < -0.3 is 11.1 Å². The predicted molar refractivity (Wildman–Crippen MR) is 54.8 cm³/mol.